The van der Waals surface area contributed by atoms with Crippen LogP contribution in [0, 0.1) is 0 Å². The summed E-state index contributed by atoms with van der Waals surface area (Å²) in [6.45, 7) is 2.58. The number of sulfonamides is 1. The van der Waals surface area contributed by atoms with Crippen LogP contribution in [-0.4, -0.2) is 43.0 Å². The molecule has 1 aliphatic carbocycles. The van der Waals surface area contributed by atoms with Crippen molar-refractivity contribution in [1.82, 2.24) is 15.1 Å². The van der Waals surface area contributed by atoms with Crippen LogP contribution in [0.25, 0.3) is 0 Å². The number of aromatic amines is 1. The highest BCUT2D eigenvalue weighted by Gasteiger charge is 2.36. The fourth-order valence-electron chi connectivity index (χ4n) is 2.10. The van der Waals surface area contributed by atoms with E-state index in [9.17, 15) is 13.2 Å². The van der Waals surface area contributed by atoms with E-state index in [1.54, 1.807) is 7.05 Å². The zero-order valence-electron chi connectivity index (χ0n) is 11.7. The summed E-state index contributed by atoms with van der Waals surface area (Å²) in [5, 5.41) is 11.8. The maximum atomic E-state index is 12.3. The van der Waals surface area contributed by atoms with E-state index in [1.165, 1.54) is 4.90 Å². The van der Waals surface area contributed by atoms with E-state index in [-0.39, 0.29) is 16.5 Å². The number of carbonyl (C=O) groups excluding carboxylic acids is 1. The first-order valence-electron chi connectivity index (χ1n) is 6.72. The van der Waals surface area contributed by atoms with Gasteiger partial charge >= 0.3 is 0 Å². The molecule has 0 aliphatic heterocycles. The first-order valence-corrected chi connectivity index (χ1v) is 8.27. The second-order valence-corrected chi connectivity index (χ2v) is 6.71. The van der Waals surface area contributed by atoms with Crippen molar-refractivity contribution in [3.05, 3.63) is 11.4 Å². The van der Waals surface area contributed by atoms with Gasteiger partial charge in [0.05, 0.1) is 5.69 Å². The van der Waals surface area contributed by atoms with Gasteiger partial charge in [0.15, 0.2) is 5.69 Å². The number of nitrogens with two attached hydrogens (primary N) is 1. The molecule has 3 N–H and O–H groups in total. The minimum absolute atomic E-state index is 0.0898. The van der Waals surface area contributed by atoms with Crippen LogP contribution in [0.5, 0.6) is 0 Å². The molecule has 1 heterocycles. The number of unbranched alkanes of at least 4 members (excludes halogenated alkanes) is 1. The van der Waals surface area contributed by atoms with Crippen LogP contribution < -0.4 is 5.14 Å². The Bertz CT molecular complexity index is 604. The summed E-state index contributed by atoms with van der Waals surface area (Å²) in [5.74, 6) is -0.288. The lowest BCUT2D eigenvalue weighted by atomic mass is 10.2. The highest BCUT2D eigenvalue weighted by atomic mass is 32.2. The zero-order valence-corrected chi connectivity index (χ0v) is 12.5. The van der Waals surface area contributed by atoms with Crippen LogP contribution in [0.4, 0.5) is 0 Å². The number of hydrogen-bond donors (Lipinski definition) is 2. The quantitative estimate of drug-likeness (QED) is 0.810. The molecule has 2 rings (SSSR count). The van der Waals surface area contributed by atoms with E-state index in [0.29, 0.717) is 12.2 Å². The van der Waals surface area contributed by atoms with Gasteiger partial charge in [0.2, 0.25) is 10.0 Å². The Kier molecular flexibility index (Phi) is 4.14. The molecule has 0 aromatic carbocycles. The molecule has 0 radical (unpaired) electrons. The van der Waals surface area contributed by atoms with Gasteiger partial charge in [0.25, 0.3) is 5.91 Å². The Labute approximate surface area is 118 Å². The number of carbonyl (C=O) groups is 1. The summed E-state index contributed by atoms with van der Waals surface area (Å²) in [5.41, 5.74) is 0.382. The summed E-state index contributed by atoms with van der Waals surface area (Å²) >= 11 is 0. The molecule has 8 heteroatoms. The minimum atomic E-state index is -3.97. The second-order valence-electron chi connectivity index (χ2n) is 5.21. The molecule has 1 aliphatic rings. The third-order valence-corrected chi connectivity index (χ3v) is 4.40. The number of primary sulfonamides is 1. The van der Waals surface area contributed by atoms with E-state index in [1.807, 2.05) is 6.92 Å². The molecule has 20 heavy (non-hydrogen) atoms. The first kappa shape index (κ1) is 15.0. The van der Waals surface area contributed by atoms with Gasteiger partial charge in [0, 0.05) is 19.5 Å². The molecular weight excluding hydrogens is 280 g/mol. The molecule has 0 spiro atoms. The van der Waals surface area contributed by atoms with Gasteiger partial charge in [-0.05, 0) is 19.3 Å². The maximum Gasteiger partial charge on any atom is 0.275 e. The van der Waals surface area contributed by atoms with E-state index < -0.39 is 15.9 Å². The molecule has 0 bridgehead atoms. The second kappa shape index (κ2) is 5.53. The average molecular weight is 300 g/mol. The lowest BCUT2D eigenvalue weighted by Crippen LogP contribution is -2.30. The molecule has 1 aromatic rings. The number of aromatic nitrogens is 2. The normalized spacial score (nSPS) is 15.3. The van der Waals surface area contributed by atoms with E-state index >= 15 is 0 Å². The van der Waals surface area contributed by atoms with Gasteiger partial charge in [-0.2, -0.15) is 5.10 Å². The highest BCUT2D eigenvalue weighted by molar-refractivity contribution is 7.89. The lowest BCUT2D eigenvalue weighted by molar-refractivity contribution is 0.0783. The van der Waals surface area contributed by atoms with Crippen molar-refractivity contribution in [3.8, 4) is 0 Å². The Morgan fingerprint density at radius 3 is 2.65 bits per heavy atom. The molecule has 7 nitrogen and oxygen atoms in total. The predicted molar refractivity (Wildman–Crippen MR) is 73.8 cm³/mol. The number of rotatable bonds is 6. The fourth-order valence-corrected chi connectivity index (χ4v) is 3.03. The molecular formula is C12H20N4O3S. The Morgan fingerprint density at radius 1 is 1.50 bits per heavy atom. The minimum Gasteiger partial charge on any atom is -0.340 e. The average Bonchev–Trinajstić information content (AvgIpc) is 3.12. The van der Waals surface area contributed by atoms with Gasteiger partial charge in [0.1, 0.15) is 4.90 Å². The summed E-state index contributed by atoms with van der Waals surface area (Å²) < 4.78 is 23.5. The van der Waals surface area contributed by atoms with E-state index in [2.05, 4.69) is 10.2 Å². The van der Waals surface area contributed by atoms with Crippen molar-refractivity contribution >= 4 is 15.9 Å². The standard InChI is InChI=1S/C12H20N4O3S/c1-3-4-7-16(2)12(17)10-11(20(13,18)19)9(14-15-10)8-5-6-8/h8H,3-7H2,1-2H3,(H,14,15)(H2,13,18,19). The molecule has 1 fully saturated rings. The van der Waals surface area contributed by atoms with Gasteiger partial charge in [-0.3, -0.25) is 9.89 Å². The summed E-state index contributed by atoms with van der Waals surface area (Å²) in [6, 6.07) is 0. The highest BCUT2D eigenvalue weighted by Crippen LogP contribution is 2.42. The topological polar surface area (TPSA) is 109 Å². The van der Waals surface area contributed by atoms with Crippen molar-refractivity contribution in [2.75, 3.05) is 13.6 Å². The van der Waals surface area contributed by atoms with Crippen molar-refractivity contribution in [1.29, 1.82) is 0 Å². The summed E-state index contributed by atoms with van der Waals surface area (Å²) in [6.07, 6.45) is 3.59. The number of hydrogen-bond acceptors (Lipinski definition) is 4. The van der Waals surface area contributed by atoms with Crippen LogP contribution in [0.3, 0.4) is 0 Å². The lowest BCUT2D eigenvalue weighted by Gasteiger charge is -2.15. The summed E-state index contributed by atoms with van der Waals surface area (Å²) in [4.78, 5) is 13.6. The Morgan fingerprint density at radius 2 is 2.15 bits per heavy atom. The van der Waals surface area contributed by atoms with Crippen molar-refractivity contribution < 1.29 is 13.2 Å². The zero-order chi connectivity index (χ0) is 14.9. The number of H-pyrrole nitrogens is 1. The molecule has 0 atom stereocenters. The summed E-state index contributed by atoms with van der Waals surface area (Å²) in [7, 11) is -2.33. The van der Waals surface area contributed by atoms with Crippen molar-refractivity contribution in [2.45, 2.75) is 43.4 Å². The van der Waals surface area contributed by atoms with Crippen molar-refractivity contribution in [2.24, 2.45) is 5.14 Å². The molecule has 1 saturated carbocycles. The van der Waals surface area contributed by atoms with Gasteiger partial charge in [-0.1, -0.05) is 13.3 Å². The van der Waals surface area contributed by atoms with Gasteiger partial charge in [-0.15, -0.1) is 0 Å². The largest absolute Gasteiger partial charge is 0.340 e. The molecule has 0 saturated heterocycles. The first-order chi connectivity index (χ1) is 9.36. The van der Waals surface area contributed by atoms with E-state index in [0.717, 1.165) is 25.7 Å². The van der Waals surface area contributed by atoms with Crippen LogP contribution >= 0.6 is 0 Å². The Balaban J connectivity index is 2.34. The van der Waals surface area contributed by atoms with Crippen molar-refractivity contribution in [3.63, 3.8) is 0 Å². The number of amides is 1. The monoisotopic (exact) mass is 300 g/mol. The number of nitrogens with zero attached hydrogens (tertiary/aromatic N) is 2. The molecule has 1 amide bonds. The van der Waals surface area contributed by atoms with Crippen LogP contribution in [0.15, 0.2) is 4.90 Å². The molecule has 1 aromatic heterocycles. The third-order valence-electron chi connectivity index (χ3n) is 3.41. The van der Waals surface area contributed by atoms with Gasteiger partial charge in [-0.25, -0.2) is 13.6 Å². The SMILES string of the molecule is CCCCN(C)C(=O)c1n[nH]c(C2CC2)c1S(N)(=O)=O. The molecule has 0 unspecified atom stereocenters. The fraction of sp³-hybridized carbons (Fsp3) is 0.667. The predicted octanol–water partition coefficient (Wildman–Crippen LogP) is 0.807. The van der Waals surface area contributed by atoms with Crippen LogP contribution in [0.1, 0.15) is 54.7 Å². The third kappa shape index (κ3) is 3.01. The smallest absolute Gasteiger partial charge is 0.275 e. The van der Waals surface area contributed by atoms with Crippen LogP contribution in [-0.2, 0) is 10.0 Å². The van der Waals surface area contributed by atoms with E-state index in [4.69, 9.17) is 5.14 Å². The molecule has 112 valence electrons. The Hall–Kier alpha value is -1.41. The van der Waals surface area contributed by atoms with Crippen LogP contribution in [0.2, 0.25) is 0 Å². The number of nitrogens with one attached hydrogen (secondary N) is 1. The maximum absolute atomic E-state index is 12.3. The van der Waals surface area contributed by atoms with Gasteiger partial charge < -0.3 is 4.90 Å².